The van der Waals surface area contributed by atoms with Crippen LogP contribution < -0.4 is 0 Å². The Balaban J connectivity index is 2.33. The Morgan fingerprint density at radius 3 is 3.00 bits per heavy atom. The van der Waals surface area contributed by atoms with Crippen LogP contribution >= 0.6 is 11.6 Å². The number of morpholine rings is 1. The topological polar surface area (TPSA) is 21.7 Å². The number of halogens is 1. The van der Waals surface area contributed by atoms with Crippen LogP contribution in [0.15, 0.2) is 0 Å². The van der Waals surface area contributed by atoms with Gasteiger partial charge >= 0.3 is 0 Å². The molecule has 0 radical (unpaired) electrons. The molecule has 4 heteroatoms. The van der Waals surface area contributed by atoms with Gasteiger partial charge < -0.3 is 9.47 Å². The minimum absolute atomic E-state index is 0.212. The highest BCUT2D eigenvalue weighted by Crippen LogP contribution is 2.11. The molecule has 1 saturated heterocycles. The van der Waals surface area contributed by atoms with Crippen LogP contribution in [0, 0.1) is 0 Å². The standard InChI is InChI=1S/C9H18ClNO2/c1-8-6-13-9(7-12-2)5-11(8)4-3-10/h8-9H,3-7H2,1-2H3/t8-,9-/m0/s1. The second kappa shape index (κ2) is 5.81. The molecule has 0 aliphatic carbocycles. The van der Waals surface area contributed by atoms with Crippen molar-refractivity contribution >= 4 is 11.6 Å². The van der Waals surface area contributed by atoms with Crippen LogP contribution in [0.4, 0.5) is 0 Å². The number of hydrogen-bond donors (Lipinski definition) is 0. The van der Waals surface area contributed by atoms with Crippen molar-refractivity contribution in [2.45, 2.75) is 19.1 Å². The fourth-order valence-electron chi connectivity index (χ4n) is 1.58. The van der Waals surface area contributed by atoms with E-state index in [0.717, 1.165) is 19.7 Å². The van der Waals surface area contributed by atoms with Crippen LogP contribution in [-0.4, -0.2) is 56.3 Å². The summed E-state index contributed by atoms with van der Waals surface area (Å²) in [6, 6.07) is 0.479. The molecule has 1 aliphatic rings. The second-order valence-electron chi connectivity index (χ2n) is 3.44. The van der Waals surface area contributed by atoms with Gasteiger partial charge in [-0.15, -0.1) is 11.6 Å². The van der Waals surface area contributed by atoms with Crippen molar-refractivity contribution in [1.29, 1.82) is 0 Å². The maximum Gasteiger partial charge on any atom is 0.0935 e. The van der Waals surface area contributed by atoms with Crippen molar-refractivity contribution in [3.8, 4) is 0 Å². The van der Waals surface area contributed by atoms with E-state index in [1.807, 2.05) is 0 Å². The molecule has 0 aromatic rings. The molecular weight excluding hydrogens is 190 g/mol. The van der Waals surface area contributed by atoms with E-state index in [1.165, 1.54) is 0 Å². The molecule has 1 fully saturated rings. The second-order valence-corrected chi connectivity index (χ2v) is 3.82. The zero-order chi connectivity index (χ0) is 9.68. The van der Waals surface area contributed by atoms with E-state index in [2.05, 4.69) is 11.8 Å². The lowest BCUT2D eigenvalue weighted by molar-refractivity contribution is -0.0823. The lowest BCUT2D eigenvalue weighted by atomic mass is 10.2. The van der Waals surface area contributed by atoms with E-state index in [9.17, 15) is 0 Å². The Morgan fingerprint density at radius 2 is 2.38 bits per heavy atom. The van der Waals surface area contributed by atoms with Gasteiger partial charge in [0, 0.05) is 32.1 Å². The Kier molecular flexibility index (Phi) is 5.02. The molecule has 1 rings (SSSR count). The summed E-state index contributed by atoms with van der Waals surface area (Å²) in [6.45, 7) is 5.49. The number of methoxy groups -OCH3 is 1. The highest BCUT2D eigenvalue weighted by Gasteiger charge is 2.25. The zero-order valence-corrected chi connectivity index (χ0v) is 9.09. The van der Waals surface area contributed by atoms with Gasteiger partial charge in [-0.05, 0) is 6.92 Å². The fraction of sp³-hybridized carbons (Fsp3) is 1.00. The van der Waals surface area contributed by atoms with Gasteiger partial charge in [-0.1, -0.05) is 0 Å². The maximum absolute atomic E-state index is 5.71. The molecule has 0 bridgehead atoms. The van der Waals surface area contributed by atoms with Crippen LogP contribution in [0.1, 0.15) is 6.92 Å². The van der Waals surface area contributed by atoms with E-state index < -0.39 is 0 Å². The first kappa shape index (κ1) is 11.2. The van der Waals surface area contributed by atoms with Crippen LogP contribution in [0.2, 0.25) is 0 Å². The Bertz CT molecular complexity index is 146. The highest BCUT2D eigenvalue weighted by atomic mass is 35.5. The normalized spacial score (nSPS) is 30.7. The van der Waals surface area contributed by atoms with Gasteiger partial charge in [0.1, 0.15) is 0 Å². The average molecular weight is 208 g/mol. The van der Waals surface area contributed by atoms with Gasteiger partial charge in [0.2, 0.25) is 0 Å². The molecular formula is C9H18ClNO2. The van der Waals surface area contributed by atoms with Crippen molar-refractivity contribution < 1.29 is 9.47 Å². The van der Waals surface area contributed by atoms with Gasteiger partial charge in [0.25, 0.3) is 0 Å². The van der Waals surface area contributed by atoms with Crippen molar-refractivity contribution in [3.63, 3.8) is 0 Å². The van der Waals surface area contributed by atoms with Crippen molar-refractivity contribution in [2.75, 3.05) is 39.3 Å². The molecule has 0 spiro atoms. The third-order valence-electron chi connectivity index (χ3n) is 2.36. The van der Waals surface area contributed by atoms with Crippen LogP contribution in [0.3, 0.4) is 0 Å². The molecule has 3 nitrogen and oxygen atoms in total. The Hall–Kier alpha value is 0.170. The average Bonchev–Trinajstić information content (AvgIpc) is 2.12. The summed E-state index contributed by atoms with van der Waals surface area (Å²) < 4.78 is 10.7. The number of ether oxygens (including phenoxy) is 2. The molecule has 0 amide bonds. The Morgan fingerprint density at radius 1 is 1.62 bits per heavy atom. The van der Waals surface area contributed by atoms with E-state index in [4.69, 9.17) is 21.1 Å². The Labute approximate surface area is 84.9 Å². The molecule has 13 heavy (non-hydrogen) atoms. The summed E-state index contributed by atoms with van der Waals surface area (Å²) >= 11 is 5.71. The lowest BCUT2D eigenvalue weighted by Crippen LogP contribution is -2.50. The molecule has 0 aromatic heterocycles. The number of rotatable bonds is 4. The number of alkyl halides is 1. The molecule has 1 heterocycles. The molecule has 0 aromatic carbocycles. The summed E-state index contributed by atoms with van der Waals surface area (Å²) in [5.41, 5.74) is 0. The number of hydrogen-bond acceptors (Lipinski definition) is 3. The van der Waals surface area contributed by atoms with Crippen LogP contribution in [0.5, 0.6) is 0 Å². The zero-order valence-electron chi connectivity index (χ0n) is 8.33. The van der Waals surface area contributed by atoms with Gasteiger partial charge in [-0.25, -0.2) is 0 Å². The molecule has 1 aliphatic heterocycles. The van der Waals surface area contributed by atoms with Crippen molar-refractivity contribution in [2.24, 2.45) is 0 Å². The van der Waals surface area contributed by atoms with Crippen LogP contribution in [-0.2, 0) is 9.47 Å². The monoisotopic (exact) mass is 207 g/mol. The molecule has 0 N–H and O–H groups in total. The fourth-order valence-corrected chi connectivity index (χ4v) is 1.80. The van der Waals surface area contributed by atoms with Gasteiger partial charge in [-0.2, -0.15) is 0 Å². The van der Waals surface area contributed by atoms with Gasteiger partial charge in [-0.3, -0.25) is 4.90 Å². The lowest BCUT2D eigenvalue weighted by Gasteiger charge is -2.37. The smallest absolute Gasteiger partial charge is 0.0935 e. The summed E-state index contributed by atoms with van der Waals surface area (Å²) in [5.74, 6) is 0.685. The number of nitrogens with zero attached hydrogens (tertiary/aromatic N) is 1. The first-order chi connectivity index (χ1) is 6.27. The summed E-state index contributed by atoms with van der Waals surface area (Å²) in [4.78, 5) is 2.35. The predicted molar refractivity (Wildman–Crippen MR) is 53.4 cm³/mol. The molecule has 2 atom stereocenters. The first-order valence-electron chi connectivity index (χ1n) is 4.68. The quantitative estimate of drug-likeness (QED) is 0.642. The van der Waals surface area contributed by atoms with Gasteiger partial charge in [0.15, 0.2) is 0 Å². The van der Waals surface area contributed by atoms with Crippen molar-refractivity contribution in [1.82, 2.24) is 4.90 Å². The minimum Gasteiger partial charge on any atom is -0.382 e. The molecule has 0 saturated carbocycles. The van der Waals surface area contributed by atoms with E-state index in [1.54, 1.807) is 7.11 Å². The third-order valence-corrected chi connectivity index (χ3v) is 2.53. The van der Waals surface area contributed by atoms with Crippen molar-refractivity contribution in [3.05, 3.63) is 0 Å². The SMILES string of the molecule is COC[C@@H]1CN(CCCl)[C@@H](C)CO1. The maximum atomic E-state index is 5.71. The van der Waals surface area contributed by atoms with Gasteiger partial charge in [0.05, 0.1) is 19.3 Å². The van der Waals surface area contributed by atoms with E-state index >= 15 is 0 Å². The summed E-state index contributed by atoms with van der Waals surface area (Å²) in [7, 11) is 1.70. The first-order valence-corrected chi connectivity index (χ1v) is 5.22. The summed E-state index contributed by atoms with van der Waals surface area (Å²) in [6.07, 6.45) is 0.212. The molecule has 0 unspecified atom stereocenters. The van der Waals surface area contributed by atoms with E-state index in [0.29, 0.717) is 18.5 Å². The van der Waals surface area contributed by atoms with E-state index in [-0.39, 0.29) is 6.10 Å². The largest absolute Gasteiger partial charge is 0.382 e. The highest BCUT2D eigenvalue weighted by molar-refractivity contribution is 6.18. The molecule has 78 valence electrons. The van der Waals surface area contributed by atoms with Crippen LogP contribution in [0.25, 0.3) is 0 Å². The summed E-state index contributed by atoms with van der Waals surface area (Å²) in [5, 5.41) is 0. The minimum atomic E-state index is 0.212. The third kappa shape index (κ3) is 3.43. The predicted octanol–water partition coefficient (Wildman–Crippen LogP) is 0.961.